The highest BCUT2D eigenvalue weighted by molar-refractivity contribution is 5.26. The van der Waals surface area contributed by atoms with E-state index in [2.05, 4.69) is 13.2 Å². The second kappa shape index (κ2) is 4.77. The molecule has 0 amide bonds. The van der Waals surface area contributed by atoms with Crippen molar-refractivity contribution < 1.29 is 5.11 Å². The van der Waals surface area contributed by atoms with Crippen molar-refractivity contribution in [2.75, 3.05) is 0 Å². The van der Waals surface area contributed by atoms with Crippen LogP contribution in [0.4, 0.5) is 0 Å². The molecule has 14 heavy (non-hydrogen) atoms. The van der Waals surface area contributed by atoms with Crippen LogP contribution in [0.1, 0.15) is 18.4 Å². The summed E-state index contributed by atoms with van der Waals surface area (Å²) in [7, 11) is 0. The van der Waals surface area contributed by atoms with E-state index in [0.717, 1.165) is 5.56 Å². The molecule has 0 aliphatic carbocycles. The summed E-state index contributed by atoms with van der Waals surface area (Å²) < 4.78 is 0. The molecular formula is C13H16O. The van der Waals surface area contributed by atoms with Crippen molar-refractivity contribution >= 4 is 0 Å². The largest absolute Gasteiger partial charge is 0.388 e. The number of rotatable bonds is 4. The second-order valence-electron chi connectivity index (χ2n) is 3.42. The summed E-state index contributed by atoms with van der Waals surface area (Å²) in [6.07, 6.45) is 1.05. The summed E-state index contributed by atoms with van der Waals surface area (Å²) in [5, 5.41) is 9.87. The Morgan fingerprint density at radius 2 is 1.93 bits per heavy atom. The van der Waals surface area contributed by atoms with Gasteiger partial charge < -0.3 is 5.11 Å². The van der Waals surface area contributed by atoms with Crippen molar-refractivity contribution in [2.45, 2.75) is 18.9 Å². The van der Waals surface area contributed by atoms with Crippen LogP contribution in [0.15, 0.2) is 55.1 Å². The molecule has 1 aromatic carbocycles. The van der Waals surface area contributed by atoms with Gasteiger partial charge in [-0.1, -0.05) is 56.5 Å². The highest BCUT2D eigenvalue weighted by Crippen LogP contribution is 2.22. The SMILES string of the molecule is C=CC(=C)[C@H](O)[C@H](C)c1ccccc1. The van der Waals surface area contributed by atoms with Gasteiger partial charge in [-0.2, -0.15) is 0 Å². The number of benzene rings is 1. The Bertz CT molecular complexity index is 313. The van der Waals surface area contributed by atoms with Crippen LogP contribution in [-0.2, 0) is 0 Å². The molecule has 1 rings (SSSR count). The maximum atomic E-state index is 9.87. The molecule has 1 nitrogen and oxygen atoms in total. The second-order valence-corrected chi connectivity index (χ2v) is 3.42. The molecule has 1 aromatic rings. The summed E-state index contributed by atoms with van der Waals surface area (Å²) in [6, 6.07) is 9.91. The van der Waals surface area contributed by atoms with E-state index in [-0.39, 0.29) is 5.92 Å². The first kappa shape index (κ1) is 10.7. The van der Waals surface area contributed by atoms with Gasteiger partial charge >= 0.3 is 0 Å². The van der Waals surface area contributed by atoms with E-state index in [1.807, 2.05) is 37.3 Å². The molecule has 0 aliphatic rings. The van der Waals surface area contributed by atoms with Crippen molar-refractivity contribution in [2.24, 2.45) is 0 Å². The lowest BCUT2D eigenvalue weighted by Gasteiger charge is -2.19. The molecule has 1 heteroatoms. The van der Waals surface area contributed by atoms with E-state index >= 15 is 0 Å². The van der Waals surface area contributed by atoms with Crippen molar-refractivity contribution in [1.29, 1.82) is 0 Å². The van der Waals surface area contributed by atoms with Crippen LogP contribution in [0.5, 0.6) is 0 Å². The monoisotopic (exact) mass is 188 g/mol. The number of aliphatic hydroxyl groups excluding tert-OH is 1. The van der Waals surface area contributed by atoms with Gasteiger partial charge in [0.25, 0.3) is 0 Å². The Labute approximate surface area is 85.4 Å². The van der Waals surface area contributed by atoms with Crippen molar-refractivity contribution in [3.63, 3.8) is 0 Å². The first-order chi connectivity index (χ1) is 6.66. The minimum absolute atomic E-state index is 0.0571. The molecule has 0 radical (unpaired) electrons. The Kier molecular flexibility index (Phi) is 3.66. The van der Waals surface area contributed by atoms with Crippen LogP contribution in [0.3, 0.4) is 0 Å². The van der Waals surface area contributed by atoms with Gasteiger partial charge in [0.2, 0.25) is 0 Å². The van der Waals surface area contributed by atoms with Gasteiger partial charge in [0.05, 0.1) is 6.10 Å². The molecule has 1 N–H and O–H groups in total. The lowest BCUT2D eigenvalue weighted by Crippen LogP contribution is -2.16. The molecule has 0 heterocycles. The molecule has 0 bridgehead atoms. The summed E-state index contributed by atoms with van der Waals surface area (Å²) in [4.78, 5) is 0. The van der Waals surface area contributed by atoms with Crippen LogP contribution in [0.25, 0.3) is 0 Å². The zero-order chi connectivity index (χ0) is 10.6. The zero-order valence-electron chi connectivity index (χ0n) is 8.48. The summed E-state index contributed by atoms with van der Waals surface area (Å²) in [5.74, 6) is 0.0571. The minimum atomic E-state index is -0.546. The molecule has 0 fully saturated rings. The Morgan fingerprint density at radius 1 is 1.36 bits per heavy atom. The summed E-state index contributed by atoms with van der Waals surface area (Å²) in [6.45, 7) is 9.33. The van der Waals surface area contributed by atoms with E-state index < -0.39 is 6.10 Å². The molecule has 0 aromatic heterocycles. The number of aliphatic hydroxyl groups is 1. The standard InChI is InChI=1S/C13H16O/c1-4-10(2)13(14)11(3)12-8-6-5-7-9-12/h4-9,11,13-14H,1-2H2,3H3/t11-,13+/m1/s1. The van der Waals surface area contributed by atoms with Crippen LogP contribution < -0.4 is 0 Å². The van der Waals surface area contributed by atoms with E-state index in [9.17, 15) is 5.11 Å². The van der Waals surface area contributed by atoms with Crippen molar-refractivity contribution in [3.8, 4) is 0 Å². The van der Waals surface area contributed by atoms with Gasteiger partial charge in [-0.3, -0.25) is 0 Å². The minimum Gasteiger partial charge on any atom is -0.388 e. The third kappa shape index (κ3) is 2.33. The van der Waals surface area contributed by atoms with E-state index in [4.69, 9.17) is 0 Å². The van der Waals surface area contributed by atoms with Crippen LogP contribution >= 0.6 is 0 Å². The average molecular weight is 188 g/mol. The predicted octanol–water partition coefficient (Wildman–Crippen LogP) is 2.89. The van der Waals surface area contributed by atoms with Crippen LogP contribution in [0, 0.1) is 0 Å². The average Bonchev–Trinajstić information content (AvgIpc) is 2.27. The third-order valence-corrected chi connectivity index (χ3v) is 2.44. The van der Waals surface area contributed by atoms with E-state index in [1.54, 1.807) is 6.08 Å². The normalized spacial score (nSPS) is 14.4. The Balaban J connectivity index is 2.80. The zero-order valence-corrected chi connectivity index (χ0v) is 8.48. The molecule has 0 unspecified atom stereocenters. The number of hydrogen-bond donors (Lipinski definition) is 1. The fourth-order valence-electron chi connectivity index (χ4n) is 1.38. The highest BCUT2D eigenvalue weighted by Gasteiger charge is 2.16. The van der Waals surface area contributed by atoms with Crippen LogP contribution in [0.2, 0.25) is 0 Å². The van der Waals surface area contributed by atoms with E-state index in [0.29, 0.717) is 5.57 Å². The molecule has 0 saturated heterocycles. The van der Waals surface area contributed by atoms with Gasteiger partial charge in [-0.25, -0.2) is 0 Å². The van der Waals surface area contributed by atoms with Gasteiger partial charge in [-0.05, 0) is 11.1 Å². The Hall–Kier alpha value is -1.34. The summed E-state index contributed by atoms with van der Waals surface area (Å²) in [5.41, 5.74) is 1.78. The summed E-state index contributed by atoms with van der Waals surface area (Å²) >= 11 is 0. The number of hydrogen-bond acceptors (Lipinski definition) is 1. The van der Waals surface area contributed by atoms with Gasteiger partial charge in [0.1, 0.15) is 0 Å². The topological polar surface area (TPSA) is 20.2 Å². The molecule has 0 spiro atoms. The van der Waals surface area contributed by atoms with Crippen molar-refractivity contribution in [3.05, 3.63) is 60.7 Å². The fourth-order valence-corrected chi connectivity index (χ4v) is 1.38. The third-order valence-electron chi connectivity index (χ3n) is 2.44. The first-order valence-corrected chi connectivity index (χ1v) is 4.71. The smallest absolute Gasteiger partial charge is 0.0849 e. The molecule has 2 atom stereocenters. The lowest BCUT2D eigenvalue weighted by molar-refractivity contribution is 0.189. The van der Waals surface area contributed by atoms with Gasteiger partial charge in [0, 0.05) is 5.92 Å². The lowest BCUT2D eigenvalue weighted by atomic mass is 9.91. The Morgan fingerprint density at radius 3 is 2.43 bits per heavy atom. The van der Waals surface area contributed by atoms with Gasteiger partial charge in [-0.15, -0.1) is 0 Å². The molecule has 74 valence electrons. The first-order valence-electron chi connectivity index (χ1n) is 4.71. The maximum absolute atomic E-state index is 9.87. The predicted molar refractivity (Wildman–Crippen MR) is 60.2 cm³/mol. The molecule has 0 saturated carbocycles. The van der Waals surface area contributed by atoms with Crippen molar-refractivity contribution in [1.82, 2.24) is 0 Å². The van der Waals surface area contributed by atoms with E-state index in [1.165, 1.54) is 0 Å². The maximum Gasteiger partial charge on any atom is 0.0849 e. The fraction of sp³-hybridized carbons (Fsp3) is 0.231. The highest BCUT2D eigenvalue weighted by atomic mass is 16.3. The molecule has 0 aliphatic heterocycles. The van der Waals surface area contributed by atoms with Crippen LogP contribution in [-0.4, -0.2) is 11.2 Å². The van der Waals surface area contributed by atoms with Gasteiger partial charge in [0.15, 0.2) is 0 Å². The quantitative estimate of drug-likeness (QED) is 0.720. The molecular weight excluding hydrogens is 172 g/mol.